The third-order valence-electron chi connectivity index (χ3n) is 2.99. The summed E-state index contributed by atoms with van der Waals surface area (Å²) < 4.78 is 13.3. The van der Waals surface area contributed by atoms with Crippen LogP contribution in [0.2, 0.25) is 0 Å². The molecule has 3 nitrogen and oxygen atoms in total. The van der Waals surface area contributed by atoms with Crippen LogP contribution in [0.1, 0.15) is 36.0 Å². The van der Waals surface area contributed by atoms with E-state index >= 15 is 0 Å². The Morgan fingerprint density at radius 3 is 2.88 bits per heavy atom. The Balaban J connectivity index is 1.85. The van der Waals surface area contributed by atoms with Gasteiger partial charge in [0.25, 0.3) is 5.91 Å². The molecule has 1 saturated carbocycles. The van der Waals surface area contributed by atoms with Gasteiger partial charge < -0.3 is 10.4 Å². The Hall–Kier alpha value is -1.58. The van der Waals surface area contributed by atoms with Gasteiger partial charge in [-0.05, 0) is 30.9 Å². The second-order valence-electron chi connectivity index (χ2n) is 4.48. The Morgan fingerprint density at radius 2 is 2.24 bits per heavy atom. The van der Waals surface area contributed by atoms with Gasteiger partial charge in [0, 0.05) is 6.54 Å². The molecule has 0 unspecified atom stereocenters. The van der Waals surface area contributed by atoms with Crippen LogP contribution in [-0.2, 0) is 0 Å². The highest BCUT2D eigenvalue weighted by Crippen LogP contribution is 2.33. The summed E-state index contributed by atoms with van der Waals surface area (Å²) in [6, 6.07) is 3.84. The zero-order chi connectivity index (χ0) is 12.3. The fraction of sp³-hybridized carbons (Fsp3) is 0.462. The number of carbonyl (C=O) groups is 1. The summed E-state index contributed by atoms with van der Waals surface area (Å²) in [5, 5.41) is 12.0. The molecule has 0 radical (unpaired) electrons. The second-order valence-corrected chi connectivity index (χ2v) is 4.48. The van der Waals surface area contributed by atoms with Crippen molar-refractivity contribution in [2.45, 2.75) is 25.7 Å². The van der Waals surface area contributed by atoms with Crippen molar-refractivity contribution in [3.63, 3.8) is 0 Å². The van der Waals surface area contributed by atoms with E-state index in [9.17, 15) is 14.3 Å². The van der Waals surface area contributed by atoms with Crippen molar-refractivity contribution in [1.82, 2.24) is 5.32 Å². The smallest absolute Gasteiger partial charge is 0.258 e. The first-order chi connectivity index (χ1) is 8.18. The fourth-order valence-corrected chi connectivity index (χ4v) is 1.83. The number of nitrogens with one attached hydrogen (secondary N) is 1. The summed E-state index contributed by atoms with van der Waals surface area (Å²) in [4.78, 5) is 11.6. The van der Waals surface area contributed by atoms with E-state index in [1.165, 1.54) is 31.0 Å². The van der Waals surface area contributed by atoms with Crippen molar-refractivity contribution in [1.29, 1.82) is 0 Å². The molecular formula is C13H16FNO2. The molecule has 0 spiro atoms. The quantitative estimate of drug-likeness (QED) is 0.773. The summed E-state index contributed by atoms with van der Waals surface area (Å²) in [7, 11) is 0. The van der Waals surface area contributed by atoms with Gasteiger partial charge >= 0.3 is 0 Å². The number of amides is 1. The van der Waals surface area contributed by atoms with Gasteiger partial charge in [-0.2, -0.15) is 0 Å². The molecular weight excluding hydrogens is 221 g/mol. The van der Waals surface area contributed by atoms with Crippen LogP contribution < -0.4 is 5.32 Å². The van der Waals surface area contributed by atoms with Crippen LogP contribution >= 0.6 is 0 Å². The maximum atomic E-state index is 13.3. The molecule has 0 atom stereocenters. The zero-order valence-electron chi connectivity index (χ0n) is 9.58. The molecule has 1 aromatic rings. The average molecular weight is 237 g/mol. The molecule has 92 valence electrons. The lowest BCUT2D eigenvalue weighted by molar-refractivity contribution is 0.0946. The van der Waals surface area contributed by atoms with Crippen molar-refractivity contribution in [2.24, 2.45) is 5.92 Å². The van der Waals surface area contributed by atoms with Crippen molar-refractivity contribution < 1.29 is 14.3 Å². The molecule has 0 aliphatic heterocycles. The van der Waals surface area contributed by atoms with Gasteiger partial charge in [-0.15, -0.1) is 0 Å². The van der Waals surface area contributed by atoms with Crippen molar-refractivity contribution in [3.05, 3.63) is 29.6 Å². The standard InChI is InChI=1S/C13H16FNO2/c14-10-4-1-5-11(16)12(10)13(17)15-8-2-3-9-6-7-9/h1,4-5,9,16H,2-3,6-8H2,(H,15,17). The van der Waals surface area contributed by atoms with Gasteiger partial charge in [0.05, 0.1) is 0 Å². The lowest BCUT2D eigenvalue weighted by Crippen LogP contribution is -2.25. The zero-order valence-corrected chi connectivity index (χ0v) is 9.58. The van der Waals surface area contributed by atoms with Crippen molar-refractivity contribution in [3.8, 4) is 5.75 Å². The molecule has 0 aromatic heterocycles. The van der Waals surface area contributed by atoms with Crippen LogP contribution in [0.4, 0.5) is 4.39 Å². The molecule has 2 rings (SSSR count). The summed E-state index contributed by atoms with van der Waals surface area (Å²) in [5.74, 6) is -0.723. The lowest BCUT2D eigenvalue weighted by atomic mass is 10.1. The van der Waals surface area contributed by atoms with E-state index in [1.807, 2.05) is 0 Å². The maximum Gasteiger partial charge on any atom is 0.258 e. The third kappa shape index (κ3) is 3.19. The lowest BCUT2D eigenvalue weighted by Gasteiger charge is -2.07. The van der Waals surface area contributed by atoms with E-state index < -0.39 is 11.7 Å². The van der Waals surface area contributed by atoms with E-state index in [4.69, 9.17) is 0 Å². The third-order valence-corrected chi connectivity index (χ3v) is 2.99. The Bertz CT molecular complexity index is 396. The van der Waals surface area contributed by atoms with Crippen LogP contribution in [0, 0.1) is 11.7 Å². The molecule has 0 saturated heterocycles. The number of rotatable bonds is 5. The SMILES string of the molecule is O=C(NCCCC1CC1)c1c(O)cccc1F. The van der Waals surface area contributed by atoms with Gasteiger partial charge in [-0.3, -0.25) is 4.79 Å². The van der Waals surface area contributed by atoms with E-state index in [0.29, 0.717) is 6.54 Å². The molecule has 1 aromatic carbocycles. The second kappa shape index (κ2) is 5.17. The van der Waals surface area contributed by atoms with E-state index in [0.717, 1.165) is 18.8 Å². The largest absolute Gasteiger partial charge is 0.507 e. The van der Waals surface area contributed by atoms with Crippen LogP contribution in [-0.4, -0.2) is 17.6 Å². The fourth-order valence-electron chi connectivity index (χ4n) is 1.83. The van der Waals surface area contributed by atoms with Crippen molar-refractivity contribution in [2.75, 3.05) is 6.54 Å². The summed E-state index contributed by atoms with van der Waals surface area (Å²) in [6.07, 6.45) is 4.61. The van der Waals surface area contributed by atoms with Crippen LogP contribution in [0.15, 0.2) is 18.2 Å². The predicted molar refractivity (Wildman–Crippen MR) is 62.4 cm³/mol. The summed E-state index contributed by atoms with van der Waals surface area (Å²) in [6.45, 7) is 0.531. The molecule has 1 aliphatic rings. The van der Waals surface area contributed by atoms with Gasteiger partial charge in [0.15, 0.2) is 0 Å². The van der Waals surface area contributed by atoms with Crippen LogP contribution in [0.5, 0.6) is 5.75 Å². The van der Waals surface area contributed by atoms with Gasteiger partial charge in [0.2, 0.25) is 0 Å². The number of carbonyl (C=O) groups excluding carboxylic acids is 1. The minimum absolute atomic E-state index is 0.265. The molecule has 0 bridgehead atoms. The Morgan fingerprint density at radius 1 is 1.47 bits per heavy atom. The minimum Gasteiger partial charge on any atom is -0.507 e. The summed E-state index contributed by atoms with van der Waals surface area (Å²) in [5.41, 5.74) is -0.265. The number of phenols is 1. The minimum atomic E-state index is -0.690. The first-order valence-corrected chi connectivity index (χ1v) is 5.94. The number of hydrogen-bond acceptors (Lipinski definition) is 2. The number of aromatic hydroxyl groups is 1. The first-order valence-electron chi connectivity index (χ1n) is 5.94. The van der Waals surface area contributed by atoms with Gasteiger partial charge in [-0.1, -0.05) is 18.9 Å². The molecule has 2 N–H and O–H groups in total. The molecule has 0 heterocycles. The monoisotopic (exact) mass is 237 g/mol. The maximum absolute atomic E-state index is 13.3. The summed E-state index contributed by atoms with van der Waals surface area (Å²) >= 11 is 0. The van der Waals surface area contributed by atoms with Gasteiger partial charge in [0.1, 0.15) is 17.1 Å². The number of phenolic OH excluding ortho intramolecular Hbond substituents is 1. The highest BCUT2D eigenvalue weighted by atomic mass is 19.1. The highest BCUT2D eigenvalue weighted by molar-refractivity contribution is 5.97. The average Bonchev–Trinajstić information content (AvgIpc) is 3.08. The van der Waals surface area contributed by atoms with Gasteiger partial charge in [-0.25, -0.2) is 4.39 Å². The molecule has 1 amide bonds. The van der Waals surface area contributed by atoms with E-state index in [1.54, 1.807) is 0 Å². The number of halogens is 1. The molecule has 1 fully saturated rings. The van der Waals surface area contributed by atoms with Crippen LogP contribution in [0.3, 0.4) is 0 Å². The number of hydrogen-bond donors (Lipinski definition) is 2. The van der Waals surface area contributed by atoms with Crippen LogP contribution in [0.25, 0.3) is 0 Å². The molecule has 17 heavy (non-hydrogen) atoms. The van der Waals surface area contributed by atoms with E-state index in [-0.39, 0.29) is 11.3 Å². The highest BCUT2D eigenvalue weighted by Gasteiger charge is 2.20. The Labute approximate surface area is 99.7 Å². The topological polar surface area (TPSA) is 49.3 Å². The predicted octanol–water partition coefficient (Wildman–Crippen LogP) is 2.45. The van der Waals surface area contributed by atoms with Crippen molar-refractivity contribution >= 4 is 5.91 Å². The van der Waals surface area contributed by atoms with E-state index in [2.05, 4.69) is 5.32 Å². The normalized spacial score (nSPS) is 14.6. The first kappa shape index (κ1) is 11.9. The molecule has 4 heteroatoms. The number of benzene rings is 1. The molecule has 1 aliphatic carbocycles. The Kier molecular flexibility index (Phi) is 3.61.